The van der Waals surface area contributed by atoms with Gasteiger partial charge in [-0.3, -0.25) is 4.98 Å². The zero-order valence-corrected chi connectivity index (χ0v) is 13.4. The molecule has 1 aromatic carbocycles. The van der Waals surface area contributed by atoms with Gasteiger partial charge in [-0.25, -0.2) is 4.98 Å². The van der Waals surface area contributed by atoms with E-state index in [0.29, 0.717) is 5.01 Å². The first-order valence-electron chi connectivity index (χ1n) is 7.30. The lowest BCUT2D eigenvalue weighted by Gasteiger charge is -2.21. The molecule has 0 spiro atoms. The molecule has 23 heavy (non-hydrogen) atoms. The lowest BCUT2D eigenvalue weighted by molar-refractivity contribution is 0.102. The van der Waals surface area contributed by atoms with E-state index in [-0.39, 0.29) is 0 Å². The van der Waals surface area contributed by atoms with E-state index in [1.165, 1.54) is 11.3 Å². The molecule has 4 nitrogen and oxygen atoms in total. The minimum atomic E-state index is -1.10. The Morgan fingerprint density at radius 2 is 1.91 bits per heavy atom. The first kappa shape index (κ1) is 14.1. The lowest BCUT2D eigenvalue weighted by atomic mass is 9.96. The third kappa shape index (κ3) is 2.34. The normalized spacial score (nSPS) is 14.0. The number of rotatable bonds is 3. The molecule has 1 atom stereocenters. The van der Waals surface area contributed by atoms with Crippen LogP contribution in [0.25, 0.3) is 16.6 Å². The first-order chi connectivity index (χ1) is 11.2. The molecule has 0 radical (unpaired) electrons. The molecule has 5 heteroatoms. The molecule has 0 aliphatic carbocycles. The summed E-state index contributed by atoms with van der Waals surface area (Å²) in [5.41, 5.74) is 1.82. The van der Waals surface area contributed by atoms with Gasteiger partial charge >= 0.3 is 0 Å². The highest BCUT2D eigenvalue weighted by Crippen LogP contribution is 2.33. The molecule has 1 N–H and O–H groups in total. The molecular formula is C18H15N3OS. The van der Waals surface area contributed by atoms with Crippen LogP contribution in [0.2, 0.25) is 0 Å². The first-order valence-corrected chi connectivity index (χ1v) is 8.18. The molecule has 0 bridgehead atoms. The van der Waals surface area contributed by atoms with Gasteiger partial charge in [0.2, 0.25) is 0 Å². The second kappa shape index (κ2) is 5.30. The molecule has 0 aliphatic rings. The van der Waals surface area contributed by atoms with Crippen LogP contribution in [-0.2, 0) is 5.60 Å². The Bertz CT molecular complexity index is 943. The predicted molar refractivity (Wildman–Crippen MR) is 91.9 cm³/mol. The molecule has 0 aliphatic heterocycles. The van der Waals surface area contributed by atoms with Crippen molar-refractivity contribution in [3.63, 3.8) is 0 Å². The van der Waals surface area contributed by atoms with Crippen molar-refractivity contribution in [3.05, 3.63) is 77.1 Å². The highest BCUT2D eigenvalue weighted by molar-refractivity contribution is 7.09. The van der Waals surface area contributed by atoms with Gasteiger partial charge in [0.1, 0.15) is 10.6 Å². The Morgan fingerprint density at radius 3 is 2.65 bits per heavy atom. The van der Waals surface area contributed by atoms with E-state index < -0.39 is 5.60 Å². The highest BCUT2D eigenvalue weighted by atomic mass is 32.1. The maximum absolute atomic E-state index is 10.9. The zero-order chi connectivity index (χ0) is 15.9. The fourth-order valence-electron chi connectivity index (χ4n) is 2.75. The van der Waals surface area contributed by atoms with Gasteiger partial charge in [-0.05, 0) is 42.1 Å². The van der Waals surface area contributed by atoms with Crippen LogP contribution in [0, 0.1) is 0 Å². The molecule has 3 heterocycles. The fourth-order valence-corrected chi connectivity index (χ4v) is 3.47. The van der Waals surface area contributed by atoms with Crippen molar-refractivity contribution in [3.8, 4) is 5.69 Å². The van der Waals surface area contributed by atoms with Crippen molar-refractivity contribution in [1.29, 1.82) is 0 Å². The second-order valence-corrected chi connectivity index (χ2v) is 6.47. The Morgan fingerprint density at radius 1 is 1.09 bits per heavy atom. The Labute approximate surface area is 137 Å². The van der Waals surface area contributed by atoms with Crippen LogP contribution in [0.3, 0.4) is 0 Å². The molecule has 0 amide bonds. The number of aliphatic hydroxyl groups is 1. The number of hydrogen-bond donors (Lipinski definition) is 1. The van der Waals surface area contributed by atoms with Crippen molar-refractivity contribution in [2.75, 3.05) is 0 Å². The molecule has 0 saturated carbocycles. The Balaban J connectivity index is 1.88. The van der Waals surface area contributed by atoms with Gasteiger partial charge in [-0.15, -0.1) is 11.3 Å². The van der Waals surface area contributed by atoms with Crippen molar-refractivity contribution in [2.24, 2.45) is 0 Å². The summed E-state index contributed by atoms with van der Waals surface area (Å²) >= 11 is 1.46. The molecule has 3 aromatic heterocycles. The number of hydrogen-bond acceptors (Lipinski definition) is 4. The summed E-state index contributed by atoms with van der Waals surface area (Å²) in [5, 5.41) is 14.6. The van der Waals surface area contributed by atoms with Crippen molar-refractivity contribution in [2.45, 2.75) is 12.5 Å². The van der Waals surface area contributed by atoms with Gasteiger partial charge in [-0.1, -0.05) is 12.1 Å². The molecule has 4 aromatic rings. The summed E-state index contributed by atoms with van der Waals surface area (Å²) in [6.07, 6.45) is 7.29. The minimum absolute atomic E-state index is 0.693. The Hall–Kier alpha value is -2.50. The third-order valence-electron chi connectivity index (χ3n) is 4.04. The highest BCUT2D eigenvalue weighted by Gasteiger charge is 2.28. The summed E-state index contributed by atoms with van der Waals surface area (Å²) in [4.78, 5) is 8.33. The van der Waals surface area contributed by atoms with Crippen LogP contribution in [0.1, 0.15) is 17.5 Å². The van der Waals surface area contributed by atoms with Crippen LogP contribution in [0.5, 0.6) is 0 Å². The monoisotopic (exact) mass is 321 g/mol. The molecule has 4 rings (SSSR count). The van der Waals surface area contributed by atoms with Crippen LogP contribution in [0.4, 0.5) is 0 Å². The summed E-state index contributed by atoms with van der Waals surface area (Å²) in [7, 11) is 0. The topological polar surface area (TPSA) is 50.9 Å². The summed E-state index contributed by atoms with van der Waals surface area (Å²) in [6.45, 7) is 1.78. The van der Waals surface area contributed by atoms with Crippen LogP contribution in [0.15, 0.2) is 66.6 Å². The van der Waals surface area contributed by atoms with Crippen molar-refractivity contribution in [1.82, 2.24) is 14.5 Å². The maximum Gasteiger partial charge on any atom is 0.138 e. The standard InChI is InChI=1S/C18H15N3OS/c1-18(22,17-20-9-11-23-17)14-3-2-13-6-10-21(16(13)12-14)15-4-7-19-8-5-15/h2-12,22H,1H3. The fraction of sp³-hybridized carbons (Fsp3) is 0.111. The largest absolute Gasteiger partial charge is 0.378 e. The molecule has 0 fully saturated rings. The van der Waals surface area contributed by atoms with Gasteiger partial charge in [0, 0.05) is 35.9 Å². The van der Waals surface area contributed by atoms with Crippen molar-refractivity contribution < 1.29 is 5.11 Å². The van der Waals surface area contributed by atoms with Crippen LogP contribution >= 0.6 is 11.3 Å². The van der Waals surface area contributed by atoms with Gasteiger partial charge in [0.15, 0.2) is 0 Å². The summed E-state index contributed by atoms with van der Waals surface area (Å²) in [5.74, 6) is 0. The quantitative estimate of drug-likeness (QED) is 0.625. The van der Waals surface area contributed by atoms with Gasteiger partial charge in [-0.2, -0.15) is 0 Å². The van der Waals surface area contributed by atoms with Gasteiger partial charge in [0.25, 0.3) is 0 Å². The van der Waals surface area contributed by atoms with E-state index in [9.17, 15) is 5.11 Å². The second-order valence-electron chi connectivity index (χ2n) is 5.57. The van der Waals surface area contributed by atoms with E-state index in [1.807, 2.05) is 41.9 Å². The summed E-state index contributed by atoms with van der Waals surface area (Å²) < 4.78 is 2.10. The number of aromatic nitrogens is 3. The van der Waals surface area contributed by atoms with Crippen molar-refractivity contribution >= 4 is 22.2 Å². The van der Waals surface area contributed by atoms with Gasteiger partial charge in [0.05, 0.1) is 5.52 Å². The predicted octanol–water partition coefficient (Wildman–Crippen LogP) is 3.74. The average molecular weight is 321 g/mol. The van der Waals surface area contributed by atoms with E-state index in [4.69, 9.17) is 0 Å². The number of benzene rings is 1. The average Bonchev–Trinajstić information content (AvgIpc) is 3.25. The van der Waals surface area contributed by atoms with E-state index in [0.717, 1.165) is 22.2 Å². The van der Waals surface area contributed by atoms with Gasteiger partial charge < -0.3 is 9.67 Å². The smallest absolute Gasteiger partial charge is 0.138 e. The summed E-state index contributed by atoms with van der Waals surface area (Å²) in [6, 6.07) is 12.0. The molecule has 0 saturated heterocycles. The Kier molecular flexibility index (Phi) is 3.25. The lowest BCUT2D eigenvalue weighted by Crippen LogP contribution is -2.22. The third-order valence-corrected chi connectivity index (χ3v) is 5.03. The SMILES string of the molecule is CC(O)(c1ccc2ccn(-c3ccncc3)c2c1)c1nccs1. The maximum atomic E-state index is 10.9. The molecular weight excluding hydrogens is 306 g/mol. The zero-order valence-electron chi connectivity index (χ0n) is 12.5. The number of pyridine rings is 1. The number of nitrogens with zero attached hydrogens (tertiary/aromatic N) is 3. The van der Waals surface area contributed by atoms with E-state index >= 15 is 0 Å². The number of thiazole rings is 1. The minimum Gasteiger partial charge on any atom is -0.378 e. The van der Waals surface area contributed by atoms with E-state index in [1.54, 1.807) is 25.5 Å². The molecule has 114 valence electrons. The molecule has 1 unspecified atom stereocenters. The van der Waals surface area contributed by atoms with E-state index in [2.05, 4.69) is 20.6 Å². The van der Waals surface area contributed by atoms with Crippen LogP contribution < -0.4 is 0 Å². The number of fused-ring (bicyclic) bond motifs is 1. The van der Waals surface area contributed by atoms with Crippen LogP contribution in [-0.4, -0.2) is 19.6 Å².